The largest absolute Gasteiger partial charge is 0.416 e. The summed E-state index contributed by atoms with van der Waals surface area (Å²) in [6.07, 6.45) is -1.07. The van der Waals surface area contributed by atoms with Gasteiger partial charge in [-0.15, -0.1) is 0 Å². The van der Waals surface area contributed by atoms with Crippen molar-refractivity contribution in [2.24, 2.45) is 0 Å². The van der Waals surface area contributed by atoms with Gasteiger partial charge in [-0.05, 0) is 73.4 Å². The molecule has 4 aromatic carbocycles. The Kier molecular flexibility index (Phi) is 11.5. The number of alkyl halides is 3. The molecule has 0 bridgehead atoms. The summed E-state index contributed by atoms with van der Waals surface area (Å²) in [5.41, 5.74) is 0.828. The number of halogens is 4. The van der Waals surface area contributed by atoms with Gasteiger partial charge in [0.25, 0.3) is 10.0 Å². The van der Waals surface area contributed by atoms with Crippen molar-refractivity contribution in [2.75, 3.05) is 10.8 Å². The van der Waals surface area contributed by atoms with E-state index < -0.39 is 40.3 Å². The summed E-state index contributed by atoms with van der Waals surface area (Å²) in [7, 11) is -4.55. The van der Waals surface area contributed by atoms with Crippen molar-refractivity contribution in [3.05, 3.63) is 130 Å². The standard InChI is InChI=1S/C37H37BrF3N3O4S/c1-26-17-19-33(20-18-26)49(47,48)44(32-16-8-12-29(23-32)37(39,40)41)25-35(45)43(24-28-11-7-13-30(38)21-28)34(22-27-9-3-2-4-10-27)36(46)42-31-14-5-6-15-31/h2-4,7-13,16-21,23,31,34H,5-6,14-15,22,24-25H2,1H3,(H,42,46). The maximum absolute atomic E-state index is 14.6. The highest BCUT2D eigenvalue weighted by Crippen LogP contribution is 2.34. The molecular weight excluding hydrogens is 719 g/mol. The minimum absolute atomic E-state index is 0.0582. The molecule has 1 aliphatic carbocycles. The molecule has 0 heterocycles. The zero-order valence-corrected chi connectivity index (χ0v) is 29.3. The molecule has 7 nitrogen and oxygen atoms in total. The number of rotatable bonds is 12. The van der Waals surface area contributed by atoms with E-state index in [1.807, 2.05) is 36.4 Å². The van der Waals surface area contributed by atoms with Crippen LogP contribution in [0.1, 0.15) is 47.9 Å². The SMILES string of the molecule is Cc1ccc(S(=O)(=O)N(CC(=O)N(Cc2cccc(Br)c2)C(Cc2ccccc2)C(=O)NC2CCCC2)c2cccc(C(F)(F)F)c2)cc1. The van der Waals surface area contributed by atoms with Gasteiger partial charge >= 0.3 is 6.18 Å². The van der Waals surface area contributed by atoms with Crippen LogP contribution in [0.15, 0.2) is 112 Å². The van der Waals surface area contributed by atoms with Crippen LogP contribution in [0.2, 0.25) is 0 Å². The van der Waals surface area contributed by atoms with E-state index in [1.165, 1.54) is 23.1 Å². The Hall–Kier alpha value is -4.16. The van der Waals surface area contributed by atoms with E-state index in [4.69, 9.17) is 0 Å². The van der Waals surface area contributed by atoms with Crippen LogP contribution in [-0.2, 0) is 38.8 Å². The lowest BCUT2D eigenvalue weighted by Crippen LogP contribution is -2.54. The van der Waals surface area contributed by atoms with Gasteiger partial charge in [0.1, 0.15) is 12.6 Å². The maximum Gasteiger partial charge on any atom is 0.416 e. The molecule has 1 atom stereocenters. The molecule has 4 aromatic rings. The predicted octanol–water partition coefficient (Wildman–Crippen LogP) is 7.67. The molecule has 0 saturated heterocycles. The number of nitrogens with one attached hydrogen (secondary N) is 1. The smallest absolute Gasteiger partial charge is 0.352 e. The van der Waals surface area contributed by atoms with E-state index in [9.17, 15) is 31.2 Å². The van der Waals surface area contributed by atoms with E-state index >= 15 is 0 Å². The van der Waals surface area contributed by atoms with Crippen molar-refractivity contribution in [3.8, 4) is 0 Å². The average molecular weight is 757 g/mol. The van der Waals surface area contributed by atoms with Gasteiger partial charge in [0.2, 0.25) is 11.8 Å². The van der Waals surface area contributed by atoms with E-state index in [-0.39, 0.29) is 35.5 Å². The third-order valence-electron chi connectivity index (χ3n) is 8.56. The van der Waals surface area contributed by atoms with Crippen molar-refractivity contribution in [2.45, 2.75) is 68.7 Å². The molecular formula is C37H37BrF3N3O4S. The van der Waals surface area contributed by atoms with Crippen molar-refractivity contribution in [1.82, 2.24) is 10.2 Å². The van der Waals surface area contributed by atoms with E-state index in [0.29, 0.717) is 15.9 Å². The fraction of sp³-hybridized carbons (Fsp3) is 0.297. The Morgan fingerprint density at radius 2 is 1.53 bits per heavy atom. The number of amides is 2. The van der Waals surface area contributed by atoms with Crippen molar-refractivity contribution in [3.63, 3.8) is 0 Å². The summed E-state index contributed by atoms with van der Waals surface area (Å²) >= 11 is 3.46. The molecule has 1 fully saturated rings. The van der Waals surface area contributed by atoms with Crippen LogP contribution in [0.5, 0.6) is 0 Å². The number of carbonyl (C=O) groups excluding carboxylic acids is 2. The lowest BCUT2D eigenvalue weighted by atomic mass is 10.0. The first-order chi connectivity index (χ1) is 23.3. The fourth-order valence-electron chi connectivity index (χ4n) is 5.96. The van der Waals surface area contributed by atoms with Gasteiger partial charge in [-0.2, -0.15) is 13.2 Å². The van der Waals surface area contributed by atoms with Crippen LogP contribution in [0.4, 0.5) is 18.9 Å². The Bertz CT molecular complexity index is 1870. The average Bonchev–Trinajstić information content (AvgIpc) is 3.58. The molecule has 1 N–H and O–H groups in total. The number of hydrogen-bond acceptors (Lipinski definition) is 4. The summed E-state index contributed by atoms with van der Waals surface area (Å²) in [5, 5.41) is 3.10. The highest BCUT2D eigenvalue weighted by molar-refractivity contribution is 9.10. The number of hydrogen-bond donors (Lipinski definition) is 1. The molecule has 1 saturated carbocycles. The fourth-order valence-corrected chi connectivity index (χ4v) is 7.81. The number of sulfonamides is 1. The number of nitrogens with zero attached hydrogens (tertiary/aromatic N) is 2. The second-order valence-corrected chi connectivity index (χ2v) is 15.0. The molecule has 0 spiro atoms. The third kappa shape index (κ3) is 9.30. The Labute approximate surface area is 293 Å². The molecule has 0 radical (unpaired) electrons. The summed E-state index contributed by atoms with van der Waals surface area (Å²) in [6.45, 7) is 0.857. The van der Waals surface area contributed by atoms with Gasteiger partial charge in [-0.1, -0.05) is 95.0 Å². The first kappa shape index (κ1) is 36.1. The summed E-state index contributed by atoms with van der Waals surface area (Å²) in [4.78, 5) is 29.9. The number of anilines is 1. The molecule has 1 unspecified atom stereocenters. The minimum Gasteiger partial charge on any atom is -0.352 e. The van der Waals surface area contributed by atoms with Crippen LogP contribution in [0.25, 0.3) is 0 Å². The molecule has 12 heteroatoms. The van der Waals surface area contributed by atoms with E-state index in [0.717, 1.165) is 53.4 Å². The highest BCUT2D eigenvalue weighted by Gasteiger charge is 2.37. The van der Waals surface area contributed by atoms with Gasteiger partial charge in [0, 0.05) is 23.5 Å². The molecule has 1 aliphatic rings. The summed E-state index contributed by atoms with van der Waals surface area (Å²) < 4.78 is 71.3. The highest BCUT2D eigenvalue weighted by atomic mass is 79.9. The van der Waals surface area contributed by atoms with Crippen molar-refractivity contribution >= 4 is 43.5 Å². The van der Waals surface area contributed by atoms with Crippen LogP contribution >= 0.6 is 15.9 Å². The molecule has 258 valence electrons. The summed E-state index contributed by atoms with van der Waals surface area (Å²) in [6, 6.07) is 25.0. The van der Waals surface area contributed by atoms with Gasteiger partial charge in [0.05, 0.1) is 16.1 Å². The van der Waals surface area contributed by atoms with Gasteiger partial charge in [-0.3, -0.25) is 13.9 Å². The normalized spacial score (nSPS) is 14.3. The second-order valence-electron chi connectivity index (χ2n) is 12.2. The number of aryl methyl sites for hydroxylation is 1. The van der Waals surface area contributed by atoms with Gasteiger partial charge < -0.3 is 10.2 Å². The Morgan fingerprint density at radius 3 is 2.18 bits per heavy atom. The predicted molar refractivity (Wildman–Crippen MR) is 186 cm³/mol. The lowest BCUT2D eigenvalue weighted by Gasteiger charge is -2.34. The first-order valence-electron chi connectivity index (χ1n) is 16.0. The van der Waals surface area contributed by atoms with Crippen LogP contribution in [0, 0.1) is 6.92 Å². The summed E-state index contributed by atoms with van der Waals surface area (Å²) in [5.74, 6) is -1.14. The lowest BCUT2D eigenvalue weighted by molar-refractivity contribution is -0.140. The quantitative estimate of drug-likeness (QED) is 0.161. The van der Waals surface area contributed by atoms with Crippen LogP contribution in [-0.4, -0.2) is 43.8 Å². The second kappa shape index (κ2) is 15.6. The molecule has 0 aliphatic heterocycles. The monoisotopic (exact) mass is 755 g/mol. The van der Waals surface area contributed by atoms with E-state index in [1.54, 1.807) is 37.3 Å². The van der Waals surface area contributed by atoms with Gasteiger partial charge in [0.15, 0.2) is 0 Å². The molecule has 0 aromatic heterocycles. The van der Waals surface area contributed by atoms with Crippen LogP contribution in [0.3, 0.4) is 0 Å². The third-order valence-corrected chi connectivity index (χ3v) is 10.8. The Balaban J connectivity index is 1.60. The molecule has 5 rings (SSSR count). The van der Waals surface area contributed by atoms with Gasteiger partial charge in [-0.25, -0.2) is 8.42 Å². The molecule has 49 heavy (non-hydrogen) atoms. The first-order valence-corrected chi connectivity index (χ1v) is 18.2. The number of benzene rings is 4. The van der Waals surface area contributed by atoms with E-state index in [2.05, 4.69) is 21.2 Å². The maximum atomic E-state index is 14.6. The zero-order valence-electron chi connectivity index (χ0n) is 26.9. The topological polar surface area (TPSA) is 86.8 Å². The van der Waals surface area contributed by atoms with Crippen LogP contribution < -0.4 is 9.62 Å². The minimum atomic E-state index is -4.76. The Morgan fingerprint density at radius 1 is 0.878 bits per heavy atom. The molecule has 2 amide bonds. The van der Waals surface area contributed by atoms with Crippen molar-refractivity contribution in [1.29, 1.82) is 0 Å². The zero-order chi connectivity index (χ0) is 35.2. The van der Waals surface area contributed by atoms with Crippen molar-refractivity contribution < 1.29 is 31.2 Å². The number of carbonyl (C=O) groups is 2.